The van der Waals surface area contributed by atoms with Gasteiger partial charge in [-0.05, 0) is 0 Å². The topological polar surface area (TPSA) is 92.1 Å². The summed E-state index contributed by atoms with van der Waals surface area (Å²) in [5, 5.41) is 6.66. The Balaban J connectivity index is 1.47. The van der Waals surface area contributed by atoms with E-state index in [2.05, 4.69) is 16.0 Å². The van der Waals surface area contributed by atoms with Gasteiger partial charge in [0.05, 0.1) is 25.4 Å². The Morgan fingerprint density at radius 3 is 2.86 bits per heavy atom. The van der Waals surface area contributed by atoms with E-state index in [1.165, 1.54) is 11.2 Å². The molecule has 2 aliphatic heterocycles. The van der Waals surface area contributed by atoms with Gasteiger partial charge in [-0.15, -0.1) is 0 Å². The lowest BCUT2D eigenvalue weighted by Crippen LogP contribution is -2.31. The van der Waals surface area contributed by atoms with E-state index in [-0.39, 0.29) is 17.9 Å². The molecule has 0 radical (unpaired) electrons. The van der Waals surface area contributed by atoms with Crippen molar-refractivity contribution in [2.45, 2.75) is 6.10 Å². The van der Waals surface area contributed by atoms with Crippen molar-refractivity contribution in [3.05, 3.63) is 36.1 Å². The molecule has 4 rings (SSSR count). The fourth-order valence-corrected chi connectivity index (χ4v) is 3.19. The van der Waals surface area contributed by atoms with Crippen LogP contribution in [0.5, 0.6) is 0 Å². The number of hydroxylamine groups is 1. The van der Waals surface area contributed by atoms with Gasteiger partial charge in [0, 0.05) is 37.8 Å². The van der Waals surface area contributed by atoms with Gasteiger partial charge in [-0.25, -0.2) is 19.1 Å². The number of ether oxygens (including phenoxy) is 1. The van der Waals surface area contributed by atoms with Crippen molar-refractivity contribution >= 4 is 23.3 Å². The molecule has 2 N–H and O–H groups in total. The molecule has 2 saturated heterocycles. The molecular weight excluding hydrogens is 376 g/mol. The number of benzene rings is 1. The molecule has 150 valence electrons. The molecule has 0 unspecified atom stereocenters. The molecule has 0 spiro atoms. The smallest absolute Gasteiger partial charge is 0.414 e. The standard InChI is InChI=1S/C17H19F2N5O4/c18-13-7-11(8-14(19)16(13)23-3-2-21-26-6-4-23)24-10-12(28-17(24)25)9-20-15-1-5-27-22-15/h1,5,7-8,12,21H,2-4,6,9-10H2,(H,20,22)/t12-/m0/s1. The van der Waals surface area contributed by atoms with Crippen molar-refractivity contribution in [1.29, 1.82) is 0 Å². The molecule has 1 amide bonds. The summed E-state index contributed by atoms with van der Waals surface area (Å²) in [7, 11) is 0. The molecule has 2 aromatic rings. The third-order valence-corrected chi connectivity index (χ3v) is 4.50. The molecule has 1 aromatic heterocycles. The molecule has 0 aliphatic carbocycles. The first-order valence-corrected chi connectivity index (χ1v) is 8.83. The maximum absolute atomic E-state index is 14.7. The summed E-state index contributed by atoms with van der Waals surface area (Å²) < 4.78 is 39.3. The number of hydrogen-bond donors (Lipinski definition) is 2. The summed E-state index contributed by atoms with van der Waals surface area (Å²) in [6.07, 6.45) is 0.254. The van der Waals surface area contributed by atoms with Crippen LogP contribution in [0.25, 0.3) is 0 Å². The second kappa shape index (κ2) is 7.98. The number of carbonyl (C=O) groups excluding carboxylic acids is 1. The Kier molecular flexibility index (Phi) is 5.26. The van der Waals surface area contributed by atoms with Gasteiger partial charge in [0.25, 0.3) is 0 Å². The van der Waals surface area contributed by atoms with Gasteiger partial charge < -0.3 is 19.5 Å². The monoisotopic (exact) mass is 395 g/mol. The number of carbonyl (C=O) groups is 1. The van der Waals surface area contributed by atoms with Crippen molar-refractivity contribution in [2.24, 2.45) is 0 Å². The highest BCUT2D eigenvalue weighted by molar-refractivity contribution is 5.90. The van der Waals surface area contributed by atoms with Crippen molar-refractivity contribution in [3.63, 3.8) is 0 Å². The largest absolute Gasteiger partial charge is 0.442 e. The summed E-state index contributed by atoms with van der Waals surface area (Å²) in [6.45, 7) is 1.94. The van der Waals surface area contributed by atoms with Crippen molar-refractivity contribution in [1.82, 2.24) is 10.6 Å². The molecule has 2 fully saturated rings. The summed E-state index contributed by atoms with van der Waals surface area (Å²) in [5.41, 5.74) is 2.68. The lowest BCUT2D eigenvalue weighted by atomic mass is 10.2. The highest BCUT2D eigenvalue weighted by atomic mass is 19.1. The van der Waals surface area contributed by atoms with E-state index in [4.69, 9.17) is 14.1 Å². The highest BCUT2D eigenvalue weighted by Crippen LogP contribution is 2.31. The first-order chi connectivity index (χ1) is 13.6. The average Bonchev–Trinajstić information content (AvgIpc) is 3.23. The number of rotatable bonds is 5. The first-order valence-electron chi connectivity index (χ1n) is 8.83. The summed E-state index contributed by atoms with van der Waals surface area (Å²) in [6, 6.07) is 3.92. The predicted octanol–water partition coefficient (Wildman–Crippen LogP) is 1.73. The van der Waals surface area contributed by atoms with E-state index >= 15 is 0 Å². The lowest BCUT2D eigenvalue weighted by molar-refractivity contribution is 0.0589. The highest BCUT2D eigenvalue weighted by Gasteiger charge is 2.33. The minimum Gasteiger partial charge on any atom is -0.442 e. The summed E-state index contributed by atoms with van der Waals surface area (Å²) in [5.74, 6) is -0.977. The number of amides is 1. The van der Waals surface area contributed by atoms with E-state index in [0.717, 1.165) is 12.1 Å². The SMILES string of the molecule is O=C1O[C@@H](CNc2ccon2)CN1c1cc(F)c(N2CCNOCC2)c(F)c1. The van der Waals surface area contributed by atoms with Crippen LogP contribution >= 0.6 is 0 Å². The van der Waals surface area contributed by atoms with Crippen LogP contribution in [0.4, 0.5) is 30.8 Å². The number of nitrogens with one attached hydrogen (secondary N) is 2. The van der Waals surface area contributed by atoms with E-state index in [9.17, 15) is 13.6 Å². The third kappa shape index (κ3) is 3.85. The zero-order valence-electron chi connectivity index (χ0n) is 14.9. The van der Waals surface area contributed by atoms with Crippen LogP contribution in [0.15, 0.2) is 29.0 Å². The van der Waals surface area contributed by atoms with Gasteiger partial charge in [0.15, 0.2) is 17.5 Å². The van der Waals surface area contributed by atoms with Gasteiger partial charge in [0.1, 0.15) is 18.1 Å². The fraction of sp³-hybridized carbons (Fsp3) is 0.412. The molecule has 11 heteroatoms. The molecule has 0 saturated carbocycles. The van der Waals surface area contributed by atoms with Crippen LogP contribution in [0.1, 0.15) is 0 Å². The normalized spacial score (nSPS) is 20.2. The van der Waals surface area contributed by atoms with Crippen LogP contribution in [0.3, 0.4) is 0 Å². The quantitative estimate of drug-likeness (QED) is 0.791. The van der Waals surface area contributed by atoms with E-state index in [0.29, 0.717) is 38.6 Å². The van der Waals surface area contributed by atoms with Gasteiger partial charge >= 0.3 is 6.09 Å². The number of anilines is 3. The molecule has 2 aliphatic rings. The Morgan fingerprint density at radius 2 is 2.11 bits per heavy atom. The van der Waals surface area contributed by atoms with E-state index in [1.807, 2.05) is 0 Å². The Hall–Kier alpha value is -2.92. The molecule has 1 atom stereocenters. The predicted molar refractivity (Wildman–Crippen MR) is 95.1 cm³/mol. The van der Waals surface area contributed by atoms with Gasteiger partial charge in [0.2, 0.25) is 0 Å². The maximum Gasteiger partial charge on any atom is 0.414 e. The number of halogens is 2. The number of nitrogens with zero attached hydrogens (tertiary/aromatic N) is 3. The number of hydrogen-bond acceptors (Lipinski definition) is 8. The average molecular weight is 395 g/mol. The van der Waals surface area contributed by atoms with Crippen LogP contribution in [0.2, 0.25) is 0 Å². The van der Waals surface area contributed by atoms with Crippen molar-refractivity contribution < 1.29 is 27.7 Å². The van der Waals surface area contributed by atoms with Gasteiger partial charge in [-0.2, -0.15) is 0 Å². The third-order valence-electron chi connectivity index (χ3n) is 4.50. The second-order valence-corrected chi connectivity index (χ2v) is 6.37. The van der Waals surface area contributed by atoms with Crippen LogP contribution in [0, 0.1) is 11.6 Å². The molecule has 3 heterocycles. The number of aromatic nitrogens is 1. The molecule has 1 aromatic carbocycles. The zero-order chi connectivity index (χ0) is 19.5. The molecule has 28 heavy (non-hydrogen) atoms. The van der Waals surface area contributed by atoms with Crippen LogP contribution in [-0.2, 0) is 9.57 Å². The second-order valence-electron chi connectivity index (χ2n) is 6.37. The Bertz CT molecular complexity index is 804. The minimum absolute atomic E-state index is 0.108. The lowest BCUT2D eigenvalue weighted by Gasteiger charge is -2.24. The van der Waals surface area contributed by atoms with Crippen LogP contribution < -0.4 is 20.6 Å². The maximum atomic E-state index is 14.7. The van der Waals surface area contributed by atoms with Crippen LogP contribution in [-0.4, -0.2) is 56.7 Å². The Labute approximate surface area is 159 Å². The molecular formula is C17H19F2N5O4. The fourth-order valence-electron chi connectivity index (χ4n) is 3.19. The van der Waals surface area contributed by atoms with E-state index in [1.54, 1.807) is 11.0 Å². The molecule has 0 bridgehead atoms. The minimum atomic E-state index is -0.742. The van der Waals surface area contributed by atoms with Crippen molar-refractivity contribution in [2.75, 3.05) is 54.4 Å². The summed E-state index contributed by atoms with van der Waals surface area (Å²) >= 11 is 0. The van der Waals surface area contributed by atoms with Crippen molar-refractivity contribution in [3.8, 4) is 0 Å². The number of cyclic esters (lactones) is 1. The molecule has 9 nitrogen and oxygen atoms in total. The zero-order valence-corrected chi connectivity index (χ0v) is 14.9. The van der Waals surface area contributed by atoms with Gasteiger partial charge in [-0.3, -0.25) is 9.74 Å². The Morgan fingerprint density at radius 1 is 1.29 bits per heavy atom. The summed E-state index contributed by atoms with van der Waals surface area (Å²) in [4.78, 5) is 20.0. The van der Waals surface area contributed by atoms with E-state index < -0.39 is 23.8 Å². The van der Waals surface area contributed by atoms with Gasteiger partial charge in [-0.1, -0.05) is 5.16 Å². The first kappa shape index (κ1) is 18.4.